The molecular formula is C12H19NO5. The number of carbonyl (C=O) groups excluding carboxylic acids is 3. The summed E-state index contributed by atoms with van der Waals surface area (Å²) in [4.78, 5) is 40.0. The van der Waals surface area contributed by atoms with E-state index in [1.807, 2.05) is 0 Å². The Morgan fingerprint density at radius 1 is 1.28 bits per heavy atom. The highest BCUT2D eigenvalue weighted by Crippen LogP contribution is 2.36. The minimum atomic E-state index is -1.07. The minimum Gasteiger partial charge on any atom is -0.466 e. The van der Waals surface area contributed by atoms with Crippen molar-refractivity contribution < 1.29 is 24.0 Å². The van der Waals surface area contributed by atoms with Crippen LogP contribution < -0.4 is 0 Å². The Labute approximate surface area is 106 Å². The van der Waals surface area contributed by atoms with E-state index in [1.54, 1.807) is 20.8 Å². The van der Waals surface area contributed by atoms with E-state index in [-0.39, 0.29) is 18.9 Å². The quantitative estimate of drug-likeness (QED) is 0.525. The number of esters is 1. The van der Waals surface area contributed by atoms with Gasteiger partial charge in [-0.1, -0.05) is 13.8 Å². The molecule has 0 N–H and O–H groups in total. The number of amides is 1. The lowest BCUT2D eigenvalue weighted by molar-refractivity contribution is -0.180. The highest BCUT2D eigenvalue weighted by atomic mass is 16.7. The van der Waals surface area contributed by atoms with Gasteiger partial charge in [-0.25, -0.2) is 4.79 Å². The van der Waals surface area contributed by atoms with Crippen LogP contribution >= 0.6 is 0 Å². The largest absolute Gasteiger partial charge is 0.466 e. The molecule has 0 aromatic heterocycles. The van der Waals surface area contributed by atoms with Crippen LogP contribution in [0.3, 0.4) is 0 Å². The van der Waals surface area contributed by atoms with E-state index in [4.69, 9.17) is 9.57 Å². The number of hydroxylamine groups is 2. The first-order valence-electron chi connectivity index (χ1n) is 6.21. The van der Waals surface area contributed by atoms with Gasteiger partial charge < -0.3 is 9.57 Å². The van der Waals surface area contributed by atoms with Crippen LogP contribution in [0, 0.1) is 5.41 Å². The van der Waals surface area contributed by atoms with Gasteiger partial charge in [-0.2, -0.15) is 5.06 Å². The van der Waals surface area contributed by atoms with E-state index in [0.29, 0.717) is 19.4 Å². The third-order valence-corrected chi connectivity index (χ3v) is 3.25. The van der Waals surface area contributed by atoms with Crippen molar-refractivity contribution in [2.24, 2.45) is 5.41 Å². The second kappa shape index (κ2) is 5.84. The van der Waals surface area contributed by atoms with Gasteiger partial charge in [0.2, 0.25) is 0 Å². The molecule has 1 aliphatic rings. The average molecular weight is 257 g/mol. The van der Waals surface area contributed by atoms with E-state index < -0.39 is 17.4 Å². The molecule has 0 spiro atoms. The first kappa shape index (κ1) is 14.5. The highest BCUT2D eigenvalue weighted by Gasteiger charge is 2.54. The van der Waals surface area contributed by atoms with Crippen LogP contribution in [-0.4, -0.2) is 36.1 Å². The molecule has 0 aromatic carbocycles. The maximum absolute atomic E-state index is 12.1. The van der Waals surface area contributed by atoms with Crippen LogP contribution in [0.5, 0.6) is 0 Å². The molecule has 0 unspecified atom stereocenters. The third-order valence-electron chi connectivity index (χ3n) is 3.25. The Morgan fingerprint density at radius 2 is 1.89 bits per heavy atom. The van der Waals surface area contributed by atoms with Crippen LogP contribution in [0.25, 0.3) is 0 Å². The lowest BCUT2D eigenvalue weighted by Crippen LogP contribution is -2.36. The second-order valence-electron chi connectivity index (χ2n) is 4.13. The molecule has 1 heterocycles. The molecule has 0 aliphatic carbocycles. The lowest BCUT2D eigenvalue weighted by atomic mass is 9.82. The van der Waals surface area contributed by atoms with Crippen molar-refractivity contribution in [3.63, 3.8) is 0 Å². The van der Waals surface area contributed by atoms with Crippen molar-refractivity contribution >= 4 is 17.8 Å². The number of carbonyl (C=O) groups is 3. The van der Waals surface area contributed by atoms with E-state index >= 15 is 0 Å². The van der Waals surface area contributed by atoms with Crippen molar-refractivity contribution in [3.05, 3.63) is 0 Å². The van der Waals surface area contributed by atoms with E-state index in [1.165, 1.54) is 0 Å². The maximum atomic E-state index is 12.1. The summed E-state index contributed by atoms with van der Waals surface area (Å²) in [5.74, 6) is -1.30. The Hall–Kier alpha value is -1.59. The molecule has 18 heavy (non-hydrogen) atoms. The fraction of sp³-hybridized carbons (Fsp3) is 0.750. The fourth-order valence-electron chi connectivity index (χ4n) is 1.97. The Morgan fingerprint density at radius 3 is 2.33 bits per heavy atom. The third kappa shape index (κ3) is 2.47. The molecule has 0 atom stereocenters. The molecule has 0 aromatic rings. The van der Waals surface area contributed by atoms with Crippen LogP contribution in [0.2, 0.25) is 0 Å². The van der Waals surface area contributed by atoms with E-state index in [2.05, 4.69) is 0 Å². The molecule has 1 saturated heterocycles. The number of nitrogens with zero attached hydrogens (tertiary/aromatic N) is 1. The fourth-order valence-corrected chi connectivity index (χ4v) is 1.97. The maximum Gasteiger partial charge on any atom is 0.348 e. The Bertz CT molecular complexity index is 348. The van der Waals surface area contributed by atoms with Crippen molar-refractivity contribution in [1.29, 1.82) is 0 Å². The molecule has 1 fully saturated rings. The topological polar surface area (TPSA) is 72.9 Å². The van der Waals surface area contributed by atoms with Gasteiger partial charge in [0.05, 0.1) is 19.6 Å². The normalized spacial score (nSPS) is 17.8. The van der Waals surface area contributed by atoms with Gasteiger partial charge in [0.1, 0.15) is 0 Å². The number of hydrogen-bond donors (Lipinski definition) is 0. The predicted octanol–water partition coefficient (Wildman–Crippen LogP) is 1.05. The Kier molecular flexibility index (Phi) is 4.69. The summed E-state index contributed by atoms with van der Waals surface area (Å²) >= 11 is 0. The van der Waals surface area contributed by atoms with Crippen molar-refractivity contribution in [2.45, 2.75) is 40.0 Å². The molecule has 102 valence electrons. The molecule has 1 amide bonds. The summed E-state index contributed by atoms with van der Waals surface area (Å²) in [5, 5.41) is 0.978. The van der Waals surface area contributed by atoms with Crippen LogP contribution in [0.15, 0.2) is 0 Å². The minimum absolute atomic E-state index is 0.0242. The molecule has 1 aliphatic heterocycles. The van der Waals surface area contributed by atoms with Crippen LogP contribution in [0.4, 0.5) is 0 Å². The first-order chi connectivity index (χ1) is 8.51. The van der Waals surface area contributed by atoms with Gasteiger partial charge in [0.15, 0.2) is 5.41 Å². The predicted molar refractivity (Wildman–Crippen MR) is 62.1 cm³/mol. The number of ether oxygens (including phenoxy) is 1. The van der Waals surface area contributed by atoms with Crippen LogP contribution in [-0.2, 0) is 24.0 Å². The monoisotopic (exact) mass is 257 g/mol. The zero-order valence-electron chi connectivity index (χ0n) is 11.0. The smallest absolute Gasteiger partial charge is 0.348 e. The SMILES string of the molecule is CCOC(=O)CCN1OC(=O)C(CC)(CC)C1=O. The molecule has 1 rings (SSSR count). The lowest BCUT2D eigenvalue weighted by Gasteiger charge is -2.18. The van der Waals surface area contributed by atoms with Crippen LogP contribution in [0.1, 0.15) is 40.0 Å². The van der Waals surface area contributed by atoms with Gasteiger partial charge in [0, 0.05) is 0 Å². The molecule has 0 radical (unpaired) electrons. The average Bonchev–Trinajstić information content (AvgIpc) is 2.59. The van der Waals surface area contributed by atoms with Gasteiger partial charge in [-0.15, -0.1) is 0 Å². The van der Waals surface area contributed by atoms with Gasteiger partial charge >= 0.3 is 11.9 Å². The molecular weight excluding hydrogens is 238 g/mol. The summed E-state index contributed by atoms with van der Waals surface area (Å²) in [6, 6.07) is 0. The number of rotatable bonds is 6. The van der Waals surface area contributed by atoms with Gasteiger partial charge in [0.25, 0.3) is 5.91 Å². The van der Waals surface area contributed by atoms with E-state index in [9.17, 15) is 14.4 Å². The number of hydrogen-bond acceptors (Lipinski definition) is 5. The molecule has 6 heteroatoms. The summed E-state index contributed by atoms with van der Waals surface area (Å²) in [6.45, 7) is 5.60. The molecule has 0 saturated carbocycles. The van der Waals surface area contributed by atoms with E-state index in [0.717, 1.165) is 5.06 Å². The summed E-state index contributed by atoms with van der Waals surface area (Å²) in [6.07, 6.45) is 0.824. The van der Waals surface area contributed by atoms with Crippen molar-refractivity contribution in [3.8, 4) is 0 Å². The van der Waals surface area contributed by atoms with Gasteiger partial charge in [-0.05, 0) is 19.8 Å². The standard InChI is InChI=1S/C12H19NO5/c1-4-12(5-2)10(15)13(18-11(12)16)8-7-9(14)17-6-3/h4-8H2,1-3H3. The summed E-state index contributed by atoms with van der Waals surface area (Å²) in [5.41, 5.74) is -1.07. The van der Waals surface area contributed by atoms with Crippen molar-refractivity contribution in [2.75, 3.05) is 13.2 Å². The molecule has 6 nitrogen and oxygen atoms in total. The zero-order chi connectivity index (χ0) is 13.8. The zero-order valence-corrected chi connectivity index (χ0v) is 11.0. The molecule has 0 bridgehead atoms. The second-order valence-corrected chi connectivity index (χ2v) is 4.13. The summed E-state index contributed by atoms with van der Waals surface area (Å²) in [7, 11) is 0. The van der Waals surface area contributed by atoms with Gasteiger partial charge in [-0.3, -0.25) is 9.59 Å². The van der Waals surface area contributed by atoms with Crippen molar-refractivity contribution in [1.82, 2.24) is 5.06 Å². The first-order valence-corrected chi connectivity index (χ1v) is 6.21. The Balaban J connectivity index is 2.63. The summed E-state index contributed by atoms with van der Waals surface area (Å²) < 4.78 is 4.75. The highest BCUT2D eigenvalue weighted by molar-refractivity contribution is 6.06.